The Morgan fingerprint density at radius 2 is 2.12 bits per heavy atom. The van der Waals surface area contributed by atoms with Gasteiger partial charge in [-0.1, -0.05) is 17.7 Å². The zero-order chi connectivity index (χ0) is 12.3. The van der Waals surface area contributed by atoms with E-state index < -0.39 is 0 Å². The number of hydrogen-bond donors (Lipinski definition) is 0. The van der Waals surface area contributed by atoms with Gasteiger partial charge in [0, 0.05) is 15.6 Å². The Balaban J connectivity index is 2.30. The molecule has 0 aliphatic carbocycles. The summed E-state index contributed by atoms with van der Waals surface area (Å²) in [5.74, 6) is 0. The second-order valence-electron chi connectivity index (χ2n) is 3.35. The van der Waals surface area contributed by atoms with Crippen molar-refractivity contribution in [3.8, 4) is 6.07 Å². The van der Waals surface area contributed by atoms with E-state index in [0.717, 1.165) is 10.6 Å². The van der Waals surface area contributed by atoms with Gasteiger partial charge in [-0.25, -0.2) is 9.97 Å². The minimum atomic E-state index is 0.377. The number of nitriles is 1. The largest absolute Gasteiger partial charge is 0.228 e. The van der Waals surface area contributed by atoms with Crippen LogP contribution in [-0.2, 0) is 0 Å². The molecule has 2 rings (SSSR count). The maximum atomic E-state index is 8.83. The summed E-state index contributed by atoms with van der Waals surface area (Å²) in [7, 11) is 0. The fraction of sp³-hybridized carbons (Fsp3) is 0.0833. The van der Waals surface area contributed by atoms with Crippen LogP contribution in [0.5, 0.6) is 0 Å². The first-order chi connectivity index (χ1) is 8.17. The third kappa shape index (κ3) is 3.19. The summed E-state index contributed by atoms with van der Waals surface area (Å²) >= 11 is 7.28. The van der Waals surface area contributed by atoms with Crippen molar-refractivity contribution >= 4 is 23.4 Å². The van der Waals surface area contributed by atoms with E-state index >= 15 is 0 Å². The Bertz CT molecular complexity index is 593. The average Bonchev–Trinajstić information content (AvgIpc) is 2.28. The van der Waals surface area contributed by atoms with Crippen LogP contribution in [0, 0.1) is 18.3 Å². The summed E-state index contributed by atoms with van der Waals surface area (Å²) in [6, 6.07) is 11.1. The molecule has 0 N–H and O–H groups in total. The van der Waals surface area contributed by atoms with E-state index in [1.807, 2.05) is 37.3 Å². The summed E-state index contributed by atoms with van der Waals surface area (Å²) in [5.41, 5.74) is 1.16. The van der Waals surface area contributed by atoms with Gasteiger partial charge < -0.3 is 0 Å². The SMILES string of the molecule is Cc1cc(C#N)nc(Sc2cccc(Cl)c2)n1. The maximum absolute atomic E-state index is 8.83. The van der Waals surface area contributed by atoms with E-state index in [4.69, 9.17) is 16.9 Å². The van der Waals surface area contributed by atoms with Crippen molar-refractivity contribution in [3.05, 3.63) is 46.7 Å². The molecule has 84 valence electrons. The molecular formula is C12H8ClN3S. The second-order valence-corrected chi connectivity index (χ2v) is 4.83. The van der Waals surface area contributed by atoms with Gasteiger partial charge >= 0.3 is 0 Å². The van der Waals surface area contributed by atoms with Gasteiger partial charge in [0.05, 0.1) is 0 Å². The van der Waals surface area contributed by atoms with Crippen LogP contribution >= 0.6 is 23.4 Å². The van der Waals surface area contributed by atoms with E-state index in [1.54, 1.807) is 6.07 Å². The van der Waals surface area contributed by atoms with Crippen molar-refractivity contribution in [2.24, 2.45) is 0 Å². The average molecular weight is 262 g/mol. The van der Waals surface area contributed by atoms with Gasteiger partial charge in [0.25, 0.3) is 0 Å². The molecule has 5 heteroatoms. The van der Waals surface area contributed by atoms with E-state index in [1.165, 1.54) is 11.8 Å². The van der Waals surface area contributed by atoms with E-state index in [2.05, 4.69) is 9.97 Å². The number of halogens is 1. The van der Waals surface area contributed by atoms with Gasteiger partial charge in [0.15, 0.2) is 5.16 Å². The first-order valence-corrected chi connectivity index (χ1v) is 6.06. The molecule has 3 nitrogen and oxygen atoms in total. The van der Waals surface area contributed by atoms with Gasteiger partial charge in [-0.3, -0.25) is 0 Å². The molecular weight excluding hydrogens is 254 g/mol. The number of benzene rings is 1. The fourth-order valence-corrected chi connectivity index (χ4v) is 2.41. The monoisotopic (exact) mass is 261 g/mol. The standard InChI is InChI=1S/C12H8ClN3S/c1-8-5-10(7-14)16-12(15-8)17-11-4-2-3-9(13)6-11/h2-6H,1H3. The molecule has 0 aliphatic rings. The highest BCUT2D eigenvalue weighted by Crippen LogP contribution is 2.26. The summed E-state index contributed by atoms with van der Waals surface area (Å²) in [6.45, 7) is 1.84. The minimum absolute atomic E-state index is 0.377. The third-order valence-corrected chi connectivity index (χ3v) is 3.04. The zero-order valence-electron chi connectivity index (χ0n) is 9.01. The van der Waals surface area contributed by atoms with E-state index in [-0.39, 0.29) is 0 Å². The normalized spacial score (nSPS) is 9.94. The number of nitrogens with zero attached hydrogens (tertiary/aromatic N) is 3. The number of aryl methyl sites for hydroxylation is 1. The number of hydrogen-bond acceptors (Lipinski definition) is 4. The Labute approximate surface area is 108 Å². The molecule has 0 aliphatic heterocycles. The van der Waals surface area contributed by atoms with Crippen molar-refractivity contribution in [2.75, 3.05) is 0 Å². The number of aromatic nitrogens is 2. The third-order valence-electron chi connectivity index (χ3n) is 1.95. The van der Waals surface area contributed by atoms with Crippen LogP contribution < -0.4 is 0 Å². The first-order valence-electron chi connectivity index (χ1n) is 4.86. The van der Waals surface area contributed by atoms with Gasteiger partial charge in [0.1, 0.15) is 11.8 Å². The predicted octanol–water partition coefficient (Wildman–Crippen LogP) is 3.46. The van der Waals surface area contributed by atoms with E-state index in [9.17, 15) is 0 Å². The summed E-state index contributed by atoms with van der Waals surface area (Å²) in [4.78, 5) is 9.34. The highest BCUT2D eigenvalue weighted by molar-refractivity contribution is 7.99. The lowest BCUT2D eigenvalue weighted by Gasteiger charge is -2.02. The molecule has 0 bridgehead atoms. The van der Waals surface area contributed by atoms with Crippen molar-refractivity contribution in [2.45, 2.75) is 17.0 Å². The van der Waals surface area contributed by atoms with Crippen LogP contribution in [0.25, 0.3) is 0 Å². The first kappa shape index (κ1) is 11.9. The summed E-state index contributed by atoms with van der Waals surface area (Å²) < 4.78 is 0. The van der Waals surface area contributed by atoms with Gasteiger partial charge in [-0.05, 0) is 43.0 Å². The summed E-state index contributed by atoms with van der Waals surface area (Å²) in [6.07, 6.45) is 0. The van der Waals surface area contributed by atoms with Crippen molar-refractivity contribution < 1.29 is 0 Å². The topological polar surface area (TPSA) is 49.6 Å². The molecule has 0 unspecified atom stereocenters. The Hall–Kier alpha value is -1.57. The molecule has 2 aromatic rings. The van der Waals surface area contributed by atoms with Crippen LogP contribution in [0.2, 0.25) is 5.02 Å². The minimum Gasteiger partial charge on any atom is -0.228 e. The van der Waals surface area contributed by atoms with Crippen molar-refractivity contribution in [1.82, 2.24) is 9.97 Å². The smallest absolute Gasteiger partial charge is 0.193 e. The van der Waals surface area contributed by atoms with E-state index in [0.29, 0.717) is 15.9 Å². The Morgan fingerprint density at radius 1 is 1.29 bits per heavy atom. The van der Waals surface area contributed by atoms with Crippen LogP contribution in [0.3, 0.4) is 0 Å². The van der Waals surface area contributed by atoms with Crippen molar-refractivity contribution in [3.63, 3.8) is 0 Å². The molecule has 0 spiro atoms. The highest BCUT2D eigenvalue weighted by Gasteiger charge is 2.04. The molecule has 0 amide bonds. The zero-order valence-corrected chi connectivity index (χ0v) is 10.6. The lowest BCUT2D eigenvalue weighted by molar-refractivity contribution is 0.919. The molecule has 0 radical (unpaired) electrons. The van der Waals surface area contributed by atoms with Crippen LogP contribution in [0.1, 0.15) is 11.4 Å². The van der Waals surface area contributed by atoms with Crippen LogP contribution in [-0.4, -0.2) is 9.97 Å². The van der Waals surface area contributed by atoms with Crippen LogP contribution in [0.4, 0.5) is 0 Å². The van der Waals surface area contributed by atoms with Crippen LogP contribution in [0.15, 0.2) is 40.4 Å². The van der Waals surface area contributed by atoms with Crippen molar-refractivity contribution in [1.29, 1.82) is 5.26 Å². The highest BCUT2D eigenvalue weighted by atomic mass is 35.5. The lowest BCUT2D eigenvalue weighted by atomic mass is 10.4. The molecule has 1 heterocycles. The molecule has 17 heavy (non-hydrogen) atoms. The van der Waals surface area contributed by atoms with Gasteiger partial charge in [-0.15, -0.1) is 0 Å². The summed E-state index contributed by atoms with van der Waals surface area (Å²) in [5, 5.41) is 10.1. The predicted molar refractivity (Wildman–Crippen MR) is 67.1 cm³/mol. The second kappa shape index (κ2) is 5.17. The molecule has 1 aromatic carbocycles. The van der Waals surface area contributed by atoms with Gasteiger partial charge in [0.2, 0.25) is 0 Å². The molecule has 0 fully saturated rings. The quantitative estimate of drug-likeness (QED) is 0.777. The molecule has 0 atom stereocenters. The number of rotatable bonds is 2. The van der Waals surface area contributed by atoms with Gasteiger partial charge in [-0.2, -0.15) is 5.26 Å². The molecule has 0 saturated carbocycles. The fourth-order valence-electron chi connectivity index (χ4n) is 1.28. The Morgan fingerprint density at radius 3 is 2.82 bits per heavy atom. The molecule has 0 saturated heterocycles. The lowest BCUT2D eigenvalue weighted by Crippen LogP contribution is -1.93. The Kier molecular flexibility index (Phi) is 3.62. The molecule has 1 aromatic heterocycles. The maximum Gasteiger partial charge on any atom is 0.193 e.